The molecular formula is C14H16N2OS. The molecule has 0 aliphatic heterocycles. The van der Waals surface area contributed by atoms with Gasteiger partial charge in [-0.2, -0.15) is 0 Å². The van der Waals surface area contributed by atoms with Crippen molar-refractivity contribution in [1.29, 1.82) is 0 Å². The first kappa shape index (κ1) is 12.6. The summed E-state index contributed by atoms with van der Waals surface area (Å²) in [5.74, 6) is -0.359. The van der Waals surface area contributed by atoms with Crippen LogP contribution < -0.4 is 11.1 Å². The van der Waals surface area contributed by atoms with E-state index in [0.717, 1.165) is 21.7 Å². The minimum absolute atomic E-state index is 0.359. The lowest BCUT2D eigenvalue weighted by Crippen LogP contribution is -2.27. The third-order valence-corrected chi connectivity index (χ3v) is 3.86. The average Bonchev–Trinajstić information content (AvgIpc) is 2.72. The molecule has 0 saturated heterocycles. The van der Waals surface area contributed by atoms with Gasteiger partial charge in [-0.05, 0) is 48.6 Å². The first-order chi connectivity index (χ1) is 8.58. The molecule has 1 amide bonds. The third kappa shape index (κ3) is 2.71. The van der Waals surface area contributed by atoms with Crippen LogP contribution in [0.2, 0.25) is 0 Å². The van der Waals surface area contributed by atoms with Crippen LogP contribution >= 0.6 is 11.3 Å². The lowest BCUT2D eigenvalue weighted by Gasteiger charge is -2.16. The number of nitrogens with one attached hydrogen (secondary N) is 1. The molecule has 2 rings (SSSR count). The molecule has 1 aromatic heterocycles. The monoisotopic (exact) mass is 260 g/mol. The molecule has 18 heavy (non-hydrogen) atoms. The summed E-state index contributed by atoms with van der Waals surface area (Å²) in [5.41, 5.74) is 8.63. The van der Waals surface area contributed by atoms with Crippen molar-refractivity contribution in [3.8, 4) is 0 Å². The van der Waals surface area contributed by atoms with Crippen LogP contribution in [-0.2, 0) is 4.79 Å². The number of benzene rings is 1. The molecule has 0 fully saturated rings. The van der Waals surface area contributed by atoms with Crippen molar-refractivity contribution in [2.75, 3.05) is 5.32 Å². The van der Waals surface area contributed by atoms with Crippen LogP contribution in [0.1, 0.15) is 22.0 Å². The van der Waals surface area contributed by atoms with Crippen LogP contribution in [0.4, 0.5) is 5.69 Å². The molecule has 94 valence electrons. The summed E-state index contributed by atoms with van der Waals surface area (Å²) in [5, 5.41) is 5.17. The van der Waals surface area contributed by atoms with Gasteiger partial charge in [0.2, 0.25) is 5.91 Å². The SMILES string of the molecule is Cc1cccc(NC(C(N)=O)c2sccc2C)c1. The summed E-state index contributed by atoms with van der Waals surface area (Å²) in [4.78, 5) is 12.6. The smallest absolute Gasteiger partial charge is 0.245 e. The van der Waals surface area contributed by atoms with Crippen LogP contribution in [0.25, 0.3) is 0 Å². The molecule has 0 radical (unpaired) electrons. The van der Waals surface area contributed by atoms with Gasteiger partial charge in [-0.15, -0.1) is 11.3 Å². The molecule has 0 aliphatic rings. The van der Waals surface area contributed by atoms with E-state index in [0.29, 0.717) is 0 Å². The number of amides is 1. The predicted molar refractivity (Wildman–Crippen MR) is 75.8 cm³/mol. The maximum absolute atomic E-state index is 11.6. The number of carbonyl (C=O) groups is 1. The van der Waals surface area contributed by atoms with Crippen LogP contribution in [-0.4, -0.2) is 5.91 Å². The topological polar surface area (TPSA) is 55.1 Å². The predicted octanol–water partition coefficient (Wildman–Crippen LogP) is 3.00. The maximum Gasteiger partial charge on any atom is 0.245 e. The lowest BCUT2D eigenvalue weighted by atomic mass is 10.1. The summed E-state index contributed by atoms with van der Waals surface area (Å²) >= 11 is 1.55. The second kappa shape index (κ2) is 5.23. The Hall–Kier alpha value is -1.81. The van der Waals surface area contributed by atoms with Crippen LogP contribution in [0, 0.1) is 13.8 Å². The number of nitrogens with two attached hydrogens (primary N) is 1. The Balaban J connectivity index is 2.28. The fraction of sp³-hybridized carbons (Fsp3) is 0.214. The van der Waals surface area contributed by atoms with Crippen molar-refractivity contribution < 1.29 is 4.79 Å². The normalized spacial score (nSPS) is 12.1. The number of hydrogen-bond donors (Lipinski definition) is 2. The quantitative estimate of drug-likeness (QED) is 0.888. The van der Waals surface area contributed by atoms with Gasteiger partial charge in [-0.25, -0.2) is 0 Å². The Morgan fingerprint density at radius 1 is 1.33 bits per heavy atom. The Morgan fingerprint density at radius 3 is 2.67 bits per heavy atom. The second-order valence-corrected chi connectivity index (χ2v) is 5.26. The van der Waals surface area contributed by atoms with Gasteiger partial charge in [0.1, 0.15) is 6.04 Å². The number of aryl methyl sites for hydroxylation is 2. The van der Waals surface area contributed by atoms with E-state index in [-0.39, 0.29) is 5.91 Å². The molecular weight excluding hydrogens is 244 g/mol. The molecule has 0 spiro atoms. The minimum Gasteiger partial charge on any atom is -0.369 e. The van der Waals surface area contributed by atoms with Gasteiger partial charge >= 0.3 is 0 Å². The van der Waals surface area contributed by atoms with E-state index < -0.39 is 6.04 Å². The summed E-state index contributed by atoms with van der Waals surface area (Å²) in [7, 11) is 0. The number of carbonyl (C=O) groups excluding carboxylic acids is 1. The third-order valence-electron chi connectivity index (χ3n) is 2.78. The molecule has 3 N–H and O–H groups in total. The fourth-order valence-electron chi connectivity index (χ4n) is 1.85. The Morgan fingerprint density at radius 2 is 2.11 bits per heavy atom. The summed E-state index contributed by atoms with van der Waals surface area (Å²) in [6.45, 7) is 4.00. The van der Waals surface area contributed by atoms with Gasteiger partial charge in [0, 0.05) is 10.6 Å². The number of primary amides is 1. The number of anilines is 1. The van der Waals surface area contributed by atoms with Crippen molar-refractivity contribution in [2.45, 2.75) is 19.9 Å². The molecule has 2 aromatic rings. The van der Waals surface area contributed by atoms with E-state index in [9.17, 15) is 4.79 Å². The Labute approximate surface area is 111 Å². The number of thiophene rings is 1. The van der Waals surface area contributed by atoms with Crippen molar-refractivity contribution in [1.82, 2.24) is 0 Å². The van der Waals surface area contributed by atoms with Gasteiger partial charge in [0.15, 0.2) is 0 Å². The Bertz CT molecular complexity index is 562. The molecule has 4 heteroatoms. The lowest BCUT2D eigenvalue weighted by molar-refractivity contribution is -0.118. The molecule has 0 saturated carbocycles. The summed E-state index contributed by atoms with van der Waals surface area (Å²) in [6, 6.07) is 9.43. The highest BCUT2D eigenvalue weighted by Crippen LogP contribution is 2.27. The van der Waals surface area contributed by atoms with E-state index in [1.165, 1.54) is 0 Å². The molecule has 1 aromatic carbocycles. The van der Waals surface area contributed by atoms with E-state index in [2.05, 4.69) is 5.32 Å². The maximum atomic E-state index is 11.6. The standard InChI is InChI=1S/C14H16N2OS/c1-9-4-3-5-11(8-9)16-12(14(15)17)13-10(2)6-7-18-13/h3-8,12,16H,1-2H3,(H2,15,17). The summed E-state index contributed by atoms with van der Waals surface area (Å²) in [6.07, 6.45) is 0. The van der Waals surface area contributed by atoms with E-state index >= 15 is 0 Å². The molecule has 1 heterocycles. The fourth-order valence-corrected chi connectivity index (χ4v) is 2.83. The van der Waals surface area contributed by atoms with Crippen LogP contribution in [0.15, 0.2) is 35.7 Å². The molecule has 0 aliphatic carbocycles. The van der Waals surface area contributed by atoms with E-state index in [1.54, 1.807) is 11.3 Å². The highest BCUT2D eigenvalue weighted by Gasteiger charge is 2.20. The van der Waals surface area contributed by atoms with Gasteiger partial charge in [-0.3, -0.25) is 4.79 Å². The zero-order chi connectivity index (χ0) is 13.1. The van der Waals surface area contributed by atoms with Crippen LogP contribution in [0.5, 0.6) is 0 Å². The van der Waals surface area contributed by atoms with E-state index in [1.807, 2.05) is 49.6 Å². The summed E-state index contributed by atoms with van der Waals surface area (Å²) < 4.78 is 0. The van der Waals surface area contributed by atoms with Gasteiger partial charge in [0.05, 0.1) is 0 Å². The second-order valence-electron chi connectivity index (χ2n) is 4.32. The Kier molecular flexibility index (Phi) is 3.67. The van der Waals surface area contributed by atoms with Gasteiger partial charge < -0.3 is 11.1 Å². The van der Waals surface area contributed by atoms with Crippen molar-refractivity contribution >= 4 is 22.9 Å². The van der Waals surface area contributed by atoms with Crippen molar-refractivity contribution in [2.24, 2.45) is 5.73 Å². The highest BCUT2D eigenvalue weighted by molar-refractivity contribution is 7.10. The molecule has 0 bridgehead atoms. The van der Waals surface area contributed by atoms with Crippen molar-refractivity contribution in [3.63, 3.8) is 0 Å². The first-order valence-corrected chi connectivity index (χ1v) is 6.62. The van der Waals surface area contributed by atoms with E-state index in [4.69, 9.17) is 5.73 Å². The van der Waals surface area contributed by atoms with Crippen molar-refractivity contribution in [3.05, 3.63) is 51.7 Å². The van der Waals surface area contributed by atoms with Crippen LogP contribution in [0.3, 0.4) is 0 Å². The molecule has 3 nitrogen and oxygen atoms in total. The first-order valence-electron chi connectivity index (χ1n) is 5.74. The number of hydrogen-bond acceptors (Lipinski definition) is 3. The molecule has 1 unspecified atom stereocenters. The van der Waals surface area contributed by atoms with Gasteiger partial charge in [0.25, 0.3) is 0 Å². The molecule has 1 atom stereocenters. The van der Waals surface area contributed by atoms with Gasteiger partial charge in [-0.1, -0.05) is 12.1 Å². The largest absolute Gasteiger partial charge is 0.369 e. The zero-order valence-electron chi connectivity index (χ0n) is 10.4. The average molecular weight is 260 g/mol. The minimum atomic E-state index is -0.466. The zero-order valence-corrected chi connectivity index (χ0v) is 11.3. The number of rotatable bonds is 4. The highest BCUT2D eigenvalue weighted by atomic mass is 32.1.